The fourth-order valence-electron chi connectivity index (χ4n) is 1.48. The number of hydrogen-bond donors (Lipinski definition) is 2. The van der Waals surface area contributed by atoms with Gasteiger partial charge < -0.3 is 10.1 Å². The summed E-state index contributed by atoms with van der Waals surface area (Å²) in [5.41, 5.74) is 0.453. The van der Waals surface area contributed by atoms with Crippen LogP contribution in [0.15, 0.2) is 34.2 Å². The Hall–Kier alpha value is -2.26. The van der Waals surface area contributed by atoms with Crippen LogP contribution in [0, 0.1) is 11.3 Å². The summed E-state index contributed by atoms with van der Waals surface area (Å²) < 4.78 is 0. The molecule has 0 saturated heterocycles. The van der Waals surface area contributed by atoms with Gasteiger partial charge in [-0.2, -0.15) is 5.26 Å². The fraction of sp³-hybridized carbons (Fsp3) is 0.0833. The van der Waals surface area contributed by atoms with Crippen molar-refractivity contribution in [2.45, 2.75) is 5.16 Å². The highest BCUT2D eigenvalue weighted by Gasteiger charge is 2.12. The number of nitrogens with zero attached hydrogens (tertiary/aromatic N) is 2. The van der Waals surface area contributed by atoms with E-state index in [9.17, 15) is 9.90 Å². The molecular formula is C12H9N3O2S. The van der Waals surface area contributed by atoms with Gasteiger partial charge in [0.25, 0.3) is 5.56 Å². The number of thioether (sulfide) groups is 1. The third kappa shape index (κ3) is 2.21. The second kappa shape index (κ2) is 4.94. The summed E-state index contributed by atoms with van der Waals surface area (Å²) in [4.78, 5) is 18.5. The zero-order valence-corrected chi connectivity index (χ0v) is 10.3. The third-order valence-electron chi connectivity index (χ3n) is 2.34. The number of aromatic nitrogens is 2. The van der Waals surface area contributed by atoms with Crippen molar-refractivity contribution in [3.63, 3.8) is 0 Å². The maximum atomic E-state index is 11.7. The van der Waals surface area contributed by atoms with Gasteiger partial charge in [-0.3, -0.25) is 4.79 Å². The molecule has 0 saturated carbocycles. The largest absolute Gasteiger partial charge is 0.508 e. The normalized spacial score (nSPS) is 10.0. The van der Waals surface area contributed by atoms with Gasteiger partial charge in [-0.25, -0.2) is 4.98 Å². The van der Waals surface area contributed by atoms with Gasteiger partial charge in [0, 0.05) is 5.56 Å². The Bertz CT molecular complexity index is 671. The summed E-state index contributed by atoms with van der Waals surface area (Å²) >= 11 is 1.29. The molecule has 1 aromatic carbocycles. The predicted molar refractivity (Wildman–Crippen MR) is 68.5 cm³/mol. The van der Waals surface area contributed by atoms with Crippen LogP contribution in [-0.4, -0.2) is 21.3 Å². The molecule has 18 heavy (non-hydrogen) atoms. The maximum Gasteiger partial charge on any atom is 0.270 e. The van der Waals surface area contributed by atoms with Crippen molar-refractivity contribution in [3.05, 3.63) is 40.2 Å². The van der Waals surface area contributed by atoms with Crippen LogP contribution in [0.2, 0.25) is 0 Å². The maximum absolute atomic E-state index is 11.7. The minimum absolute atomic E-state index is 0.0292. The molecular weight excluding hydrogens is 250 g/mol. The Morgan fingerprint density at radius 1 is 1.39 bits per heavy atom. The number of aromatic hydroxyl groups is 1. The summed E-state index contributed by atoms with van der Waals surface area (Å²) in [6.07, 6.45) is 1.78. The summed E-state index contributed by atoms with van der Waals surface area (Å²) in [6.45, 7) is 0. The molecule has 0 spiro atoms. The monoisotopic (exact) mass is 259 g/mol. The number of aromatic amines is 1. The number of H-pyrrole nitrogens is 1. The summed E-state index contributed by atoms with van der Waals surface area (Å²) in [6, 6.07) is 8.05. The van der Waals surface area contributed by atoms with Crippen molar-refractivity contribution in [2.75, 3.05) is 6.26 Å². The summed E-state index contributed by atoms with van der Waals surface area (Å²) in [7, 11) is 0. The van der Waals surface area contributed by atoms with E-state index in [2.05, 4.69) is 9.97 Å². The lowest BCUT2D eigenvalue weighted by atomic mass is 10.1. The lowest BCUT2D eigenvalue weighted by molar-refractivity contribution is 0.475. The van der Waals surface area contributed by atoms with Crippen LogP contribution < -0.4 is 5.56 Å². The molecule has 0 fully saturated rings. The van der Waals surface area contributed by atoms with Crippen LogP contribution in [0.25, 0.3) is 11.3 Å². The number of nitriles is 1. The zero-order valence-electron chi connectivity index (χ0n) is 9.47. The van der Waals surface area contributed by atoms with E-state index in [1.807, 2.05) is 6.07 Å². The van der Waals surface area contributed by atoms with Gasteiger partial charge in [0.2, 0.25) is 0 Å². The highest BCUT2D eigenvalue weighted by molar-refractivity contribution is 7.98. The first-order valence-corrected chi connectivity index (χ1v) is 6.26. The molecule has 0 atom stereocenters. The lowest BCUT2D eigenvalue weighted by Crippen LogP contribution is -2.14. The SMILES string of the molecule is CSc1nc(-c2ccc(O)cc2)c(C#N)c(=O)[nH]1. The van der Waals surface area contributed by atoms with Crippen LogP contribution in [0.4, 0.5) is 0 Å². The van der Waals surface area contributed by atoms with Gasteiger partial charge in [0.05, 0.1) is 5.69 Å². The van der Waals surface area contributed by atoms with E-state index in [1.165, 1.54) is 23.9 Å². The molecule has 1 aromatic heterocycles. The standard InChI is InChI=1S/C12H9N3O2S/c1-18-12-14-10(9(6-13)11(17)15-12)7-2-4-8(16)5-3-7/h2-5,16H,1H3,(H,14,15,17). The van der Waals surface area contributed by atoms with Crippen molar-refractivity contribution in [3.8, 4) is 23.1 Å². The van der Waals surface area contributed by atoms with Gasteiger partial charge in [-0.15, -0.1) is 0 Å². The van der Waals surface area contributed by atoms with E-state index in [-0.39, 0.29) is 11.3 Å². The Balaban J connectivity index is 2.69. The Morgan fingerprint density at radius 2 is 2.06 bits per heavy atom. The van der Waals surface area contributed by atoms with E-state index in [4.69, 9.17) is 5.26 Å². The zero-order chi connectivity index (χ0) is 13.1. The number of nitrogens with one attached hydrogen (secondary N) is 1. The first-order chi connectivity index (χ1) is 8.65. The number of rotatable bonds is 2. The smallest absolute Gasteiger partial charge is 0.270 e. The first kappa shape index (κ1) is 12.2. The average Bonchev–Trinajstić information content (AvgIpc) is 2.38. The molecule has 2 rings (SSSR count). The van der Waals surface area contributed by atoms with Gasteiger partial charge in [0.15, 0.2) is 5.16 Å². The topological polar surface area (TPSA) is 89.8 Å². The highest BCUT2D eigenvalue weighted by atomic mass is 32.2. The van der Waals surface area contributed by atoms with Crippen molar-refractivity contribution in [2.24, 2.45) is 0 Å². The molecule has 2 aromatic rings. The lowest BCUT2D eigenvalue weighted by Gasteiger charge is -2.05. The molecule has 90 valence electrons. The predicted octanol–water partition coefficient (Wildman–Crippen LogP) is 1.74. The van der Waals surface area contributed by atoms with Crippen LogP contribution in [0.3, 0.4) is 0 Å². The van der Waals surface area contributed by atoms with Gasteiger partial charge in [-0.1, -0.05) is 11.8 Å². The summed E-state index contributed by atoms with van der Waals surface area (Å²) in [5, 5.41) is 18.7. The highest BCUT2D eigenvalue weighted by Crippen LogP contribution is 2.22. The minimum Gasteiger partial charge on any atom is -0.508 e. The van der Waals surface area contributed by atoms with E-state index in [0.717, 1.165) is 0 Å². The molecule has 2 N–H and O–H groups in total. The number of phenolic OH excluding ortho intramolecular Hbond substituents is 1. The van der Waals surface area contributed by atoms with Crippen molar-refractivity contribution >= 4 is 11.8 Å². The van der Waals surface area contributed by atoms with Crippen LogP contribution in [0.1, 0.15) is 5.56 Å². The fourth-order valence-corrected chi connectivity index (χ4v) is 1.86. The molecule has 0 aliphatic heterocycles. The number of benzene rings is 1. The summed E-state index contributed by atoms with van der Waals surface area (Å²) in [5.74, 6) is 0.118. The van der Waals surface area contributed by atoms with E-state index in [0.29, 0.717) is 16.4 Å². The van der Waals surface area contributed by atoms with Crippen molar-refractivity contribution < 1.29 is 5.11 Å². The van der Waals surface area contributed by atoms with Crippen LogP contribution in [0.5, 0.6) is 5.75 Å². The average molecular weight is 259 g/mol. The van der Waals surface area contributed by atoms with Crippen LogP contribution >= 0.6 is 11.8 Å². The molecule has 1 heterocycles. The van der Waals surface area contributed by atoms with E-state index in [1.54, 1.807) is 18.4 Å². The minimum atomic E-state index is -0.458. The third-order valence-corrected chi connectivity index (χ3v) is 2.92. The van der Waals surface area contributed by atoms with E-state index < -0.39 is 5.56 Å². The van der Waals surface area contributed by atoms with Crippen molar-refractivity contribution in [1.29, 1.82) is 5.26 Å². The molecule has 0 radical (unpaired) electrons. The second-order valence-corrected chi connectivity index (χ2v) is 4.25. The molecule has 6 heteroatoms. The first-order valence-electron chi connectivity index (χ1n) is 5.03. The quantitative estimate of drug-likeness (QED) is 0.633. The van der Waals surface area contributed by atoms with Crippen LogP contribution in [-0.2, 0) is 0 Å². The Kier molecular flexibility index (Phi) is 3.35. The second-order valence-electron chi connectivity index (χ2n) is 3.46. The molecule has 0 aliphatic rings. The molecule has 0 aliphatic carbocycles. The van der Waals surface area contributed by atoms with Gasteiger partial charge in [0.1, 0.15) is 17.4 Å². The Morgan fingerprint density at radius 3 is 2.61 bits per heavy atom. The number of hydrogen-bond acceptors (Lipinski definition) is 5. The Labute approximate surface area is 107 Å². The molecule has 0 unspecified atom stereocenters. The molecule has 0 amide bonds. The van der Waals surface area contributed by atoms with Gasteiger partial charge in [-0.05, 0) is 30.5 Å². The number of phenols is 1. The van der Waals surface area contributed by atoms with E-state index >= 15 is 0 Å². The van der Waals surface area contributed by atoms with Crippen molar-refractivity contribution in [1.82, 2.24) is 9.97 Å². The molecule has 5 nitrogen and oxygen atoms in total. The van der Waals surface area contributed by atoms with Gasteiger partial charge >= 0.3 is 0 Å². The molecule has 0 bridgehead atoms.